The molecule has 1 amide bonds. The molecule has 0 aliphatic rings. The Morgan fingerprint density at radius 3 is 2.67 bits per heavy atom. The predicted octanol–water partition coefficient (Wildman–Crippen LogP) is 3.42. The zero-order valence-electron chi connectivity index (χ0n) is 11.6. The fourth-order valence-corrected chi connectivity index (χ4v) is 2.63. The van der Waals surface area contributed by atoms with Crippen LogP contribution in [0.2, 0.25) is 0 Å². The number of methoxy groups -OCH3 is 1. The molecular weight excluding hydrogens is 293 g/mol. The van der Waals surface area contributed by atoms with Gasteiger partial charge in [0.2, 0.25) is 5.91 Å². The Kier molecular flexibility index (Phi) is 4.70. The highest BCUT2D eigenvalue weighted by Crippen LogP contribution is 2.25. The molecule has 110 valence electrons. The highest BCUT2D eigenvalue weighted by molar-refractivity contribution is 7.10. The Morgan fingerprint density at radius 2 is 2.05 bits per heavy atom. The molecule has 0 aliphatic carbocycles. The van der Waals surface area contributed by atoms with Gasteiger partial charge >= 0.3 is 5.97 Å². The van der Waals surface area contributed by atoms with Crippen LogP contribution in [-0.2, 0) is 9.53 Å². The van der Waals surface area contributed by atoms with E-state index in [9.17, 15) is 14.0 Å². The summed E-state index contributed by atoms with van der Waals surface area (Å²) in [6, 6.07) is 7.74. The van der Waals surface area contributed by atoms with Crippen molar-refractivity contribution in [3.05, 3.63) is 52.0 Å². The van der Waals surface area contributed by atoms with Gasteiger partial charge < -0.3 is 10.1 Å². The summed E-state index contributed by atoms with van der Waals surface area (Å²) in [5.74, 6) is -2.26. The summed E-state index contributed by atoms with van der Waals surface area (Å²) in [7, 11) is 1.16. The number of anilines is 1. The lowest BCUT2D eigenvalue weighted by Gasteiger charge is -2.13. The number of esters is 1. The van der Waals surface area contributed by atoms with E-state index in [1.165, 1.54) is 23.5 Å². The largest absolute Gasteiger partial charge is 0.465 e. The second-order valence-electron chi connectivity index (χ2n) is 4.38. The van der Waals surface area contributed by atoms with Gasteiger partial charge in [-0.05, 0) is 30.5 Å². The van der Waals surface area contributed by atoms with Gasteiger partial charge in [-0.2, -0.15) is 0 Å². The van der Waals surface area contributed by atoms with Gasteiger partial charge in [-0.15, -0.1) is 11.3 Å². The molecule has 6 heteroatoms. The molecule has 1 heterocycles. The topological polar surface area (TPSA) is 55.4 Å². The standard InChI is InChI=1S/C15H14FNO3S/c1-9(12-7-4-8-21-12)14(18)17-11-6-3-5-10(16)13(11)15(19)20-2/h3-9H,1-2H3,(H,17,18)/t9-/m0/s1. The summed E-state index contributed by atoms with van der Waals surface area (Å²) >= 11 is 1.46. The molecule has 0 fully saturated rings. The predicted molar refractivity (Wildman–Crippen MR) is 79.1 cm³/mol. The second-order valence-corrected chi connectivity index (χ2v) is 5.36. The minimum atomic E-state index is -0.827. The smallest absolute Gasteiger partial charge is 0.342 e. The van der Waals surface area contributed by atoms with Crippen molar-refractivity contribution < 1.29 is 18.7 Å². The van der Waals surface area contributed by atoms with Crippen LogP contribution < -0.4 is 5.32 Å². The van der Waals surface area contributed by atoms with Gasteiger partial charge in [0.1, 0.15) is 11.4 Å². The molecule has 1 N–H and O–H groups in total. The van der Waals surface area contributed by atoms with Gasteiger partial charge in [-0.3, -0.25) is 4.79 Å². The Balaban J connectivity index is 2.25. The zero-order chi connectivity index (χ0) is 15.4. The van der Waals surface area contributed by atoms with Crippen LogP contribution in [0.5, 0.6) is 0 Å². The van der Waals surface area contributed by atoms with Crippen LogP contribution in [0.1, 0.15) is 28.1 Å². The van der Waals surface area contributed by atoms with Crippen LogP contribution in [0.3, 0.4) is 0 Å². The number of hydrogen-bond acceptors (Lipinski definition) is 4. The maximum absolute atomic E-state index is 13.8. The molecule has 0 spiro atoms. The van der Waals surface area contributed by atoms with Crippen molar-refractivity contribution >= 4 is 28.9 Å². The van der Waals surface area contributed by atoms with Crippen molar-refractivity contribution in [1.82, 2.24) is 0 Å². The summed E-state index contributed by atoms with van der Waals surface area (Å²) in [5, 5.41) is 4.46. The van der Waals surface area contributed by atoms with Crippen LogP contribution in [0.4, 0.5) is 10.1 Å². The minimum absolute atomic E-state index is 0.107. The van der Waals surface area contributed by atoms with Gasteiger partial charge in [0.25, 0.3) is 0 Å². The lowest BCUT2D eigenvalue weighted by molar-refractivity contribution is -0.117. The van der Waals surface area contributed by atoms with Crippen molar-refractivity contribution in [2.24, 2.45) is 0 Å². The van der Waals surface area contributed by atoms with Gasteiger partial charge in [0, 0.05) is 4.88 Å². The van der Waals surface area contributed by atoms with Gasteiger partial charge in [0.15, 0.2) is 0 Å². The third-order valence-electron chi connectivity index (χ3n) is 3.02. The quantitative estimate of drug-likeness (QED) is 0.881. The number of halogens is 1. The summed E-state index contributed by atoms with van der Waals surface area (Å²) in [6.07, 6.45) is 0. The highest BCUT2D eigenvalue weighted by Gasteiger charge is 2.22. The van der Waals surface area contributed by atoms with E-state index in [2.05, 4.69) is 10.1 Å². The lowest BCUT2D eigenvalue weighted by Crippen LogP contribution is -2.20. The van der Waals surface area contributed by atoms with E-state index in [0.717, 1.165) is 18.1 Å². The summed E-state index contributed by atoms with van der Waals surface area (Å²) in [6.45, 7) is 1.75. The molecule has 21 heavy (non-hydrogen) atoms. The van der Waals surface area contributed by atoms with Crippen LogP contribution in [0, 0.1) is 5.82 Å². The van der Waals surface area contributed by atoms with E-state index in [-0.39, 0.29) is 17.2 Å². The molecule has 0 bridgehead atoms. The van der Waals surface area contributed by atoms with Crippen LogP contribution in [-0.4, -0.2) is 19.0 Å². The van der Waals surface area contributed by atoms with Crippen LogP contribution >= 0.6 is 11.3 Å². The molecule has 1 atom stereocenters. The molecule has 0 saturated heterocycles. The SMILES string of the molecule is COC(=O)c1c(F)cccc1NC(=O)[C@@H](C)c1cccs1. The van der Waals surface area contributed by atoms with E-state index >= 15 is 0 Å². The normalized spacial score (nSPS) is 11.8. The second kappa shape index (κ2) is 6.49. The summed E-state index contributed by atoms with van der Waals surface area (Å²) < 4.78 is 18.3. The van der Waals surface area contributed by atoms with E-state index in [1.807, 2.05) is 17.5 Å². The van der Waals surface area contributed by atoms with E-state index in [1.54, 1.807) is 6.92 Å². The fraction of sp³-hybridized carbons (Fsp3) is 0.200. The molecule has 2 aromatic rings. The molecule has 1 aromatic heterocycles. The molecule has 0 aliphatic heterocycles. The van der Waals surface area contributed by atoms with Crippen molar-refractivity contribution in [1.29, 1.82) is 0 Å². The first-order valence-electron chi connectivity index (χ1n) is 6.25. The number of benzene rings is 1. The number of carbonyl (C=O) groups is 2. The number of amides is 1. The van der Waals surface area contributed by atoms with Crippen molar-refractivity contribution in [3.8, 4) is 0 Å². The Morgan fingerprint density at radius 1 is 1.29 bits per heavy atom. The third kappa shape index (κ3) is 3.28. The maximum atomic E-state index is 13.8. The monoisotopic (exact) mass is 307 g/mol. The first-order chi connectivity index (χ1) is 10.0. The lowest BCUT2D eigenvalue weighted by atomic mass is 10.1. The van der Waals surface area contributed by atoms with Gasteiger partial charge in [-0.25, -0.2) is 9.18 Å². The molecule has 4 nitrogen and oxygen atoms in total. The maximum Gasteiger partial charge on any atom is 0.342 e. The number of rotatable bonds is 4. The molecule has 1 aromatic carbocycles. The van der Waals surface area contributed by atoms with Gasteiger partial charge in [-0.1, -0.05) is 12.1 Å². The number of thiophene rings is 1. The molecule has 0 unspecified atom stereocenters. The third-order valence-corrected chi connectivity index (χ3v) is 4.08. The minimum Gasteiger partial charge on any atom is -0.465 e. The number of carbonyl (C=O) groups excluding carboxylic acids is 2. The highest BCUT2D eigenvalue weighted by atomic mass is 32.1. The van der Waals surface area contributed by atoms with E-state index < -0.39 is 17.7 Å². The van der Waals surface area contributed by atoms with Crippen LogP contribution in [0.15, 0.2) is 35.7 Å². The fourth-order valence-electron chi connectivity index (χ4n) is 1.85. The first kappa shape index (κ1) is 15.2. The molecular formula is C15H14FNO3S. The van der Waals surface area contributed by atoms with Crippen molar-refractivity contribution in [2.75, 3.05) is 12.4 Å². The van der Waals surface area contributed by atoms with E-state index in [0.29, 0.717) is 0 Å². The summed E-state index contributed by atoms with van der Waals surface area (Å²) in [4.78, 5) is 24.7. The zero-order valence-corrected chi connectivity index (χ0v) is 12.4. The van der Waals surface area contributed by atoms with Crippen LogP contribution in [0.25, 0.3) is 0 Å². The molecule has 0 saturated carbocycles. The Hall–Kier alpha value is -2.21. The van der Waals surface area contributed by atoms with Crippen molar-refractivity contribution in [3.63, 3.8) is 0 Å². The molecule has 2 rings (SSSR count). The van der Waals surface area contributed by atoms with Crippen molar-refractivity contribution in [2.45, 2.75) is 12.8 Å². The number of ether oxygens (including phenoxy) is 1. The molecule has 0 radical (unpaired) electrons. The first-order valence-corrected chi connectivity index (χ1v) is 7.13. The Bertz CT molecular complexity index is 655. The average Bonchev–Trinajstić information content (AvgIpc) is 3.00. The average molecular weight is 307 g/mol. The number of nitrogens with one attached hydrogen (secondary N) is 1. The summed E-state index contributed by atoms with van der Waals surface area (Å²) in [5.41, 5.74) is -0.165. The van der Waals surface area contributed by atoms with Gasteiger partial charge in [0.05, 0.1) is 18.7 Å². The number of hydrogen-bond donors (Lipinski definition) is 1. The Labute approximate surface area is 125 Å². The van der Waals surface area contributed by atoms with E-state index in [4.69, 9.17) is 0 Å².